The van der Waals surface area contributed by atoms with Gasteiger partial charge in [0, 0.05) is 24.4 Å². The summed E-state index contributed by atoms with van der Waals surface area (Å²) >= 11 is 0. The van der Waals surface area contributed by atoms with Gasteiger partial charge in [-0.15, -0.1) is 0 Å². The number of ketones is 1. The van der Waals surface area contributed by atoms with Crippen LogP contribution in [0.1, 0.15) is 119 Å². The molecule has 3 heteroatoms. The summed E-state index contributed by atoms with van der Waals surface area (Å²) in [4.78, 5) is 13.0. The van der Waals surface area contributed by atoms with E-state index in [-0.39, 0.29) is 32.9 Å². The minimum atomic E-state index is -0.164. The van der Waals surface area contributed by atoms with Gasteiger partial charge in [-0.25, -0.2) is 0 Å². The van der Waals surface area contributed by atoms with Crippen LogP contribution in [0.4, 0.5) is 0 Å². The molecule has 0 radical (unpaired) electrons. The number of carbonyl (C=O) groups excluding carboxylic acids is 1. The number of fused-ring (bicyclic) bond motifs is 4. The number of ether oxygens (including phenoxy) is 2. The Kier molecular flexibility index (Phi) is 4.73. The lowest BCUT2D eigenvalue weighted by atomic mass is 9.42. The highest BCUT2D eigenvalue weighted by Crippen LogP contribution is 2.80. The first-order chi connectivity index (χ1) is 15.7. The minimum absolute atomic E-state index is 0.0606. The van der Waals surface area contributed by atoms with Gasteiger partial charge in [-0.05, 0) is 98.2 Å². The van der Waals surface area contributed by atoms with Gasteiger partial charge in [0.1, 0.15) is 11.4 Å². The number of carbonyl (C=O) groups is 1. The fourth-order valence-corrected chi connectivity index (χ4v) is 12.4. The van der Waals surface area contributed by atoms with Crippen LogP contribution < -0.4 is 0 Å². The topological polar surface area (TPSA) is 38.8 Å². The van der Waals surface area contributed by atoms with Gasteiger partial charge in [0.05, 0.1) is 11.7 Å². The maximum absolute atomic E-state index is 13.0. The van der Waals surface area contributed by atoms with E-state index in [0.717, 1.165) is 19.3 Å². The highest BCUT2D eigenvalue weighted by molar-refractivity contribution is 5.85. The normalized spacial score (nSPS) is 57.2. The Morgan fingerprint density at radius 1 is 0.794 bits per heavy atom. The lowest BCUT2D eigenvalue weighted by molar-refractivity contribution is -0.163. The van der Waals surface area contributed by atoms with Gasteiger partial charge in [0.2, 0.25) is 0 Å². The molecular formula is C31H50O3. The summed E-state index contributed by atoms with van der Waals surface area (Å²) in [7, 11) is 1.92. The Hall–Kier alpha value is -0.410. The first-order valence-corrected chi connectivity index (χ1v) is 14.5. The molecule has 0 aromatic carbocycles. The van der Waals surface area contributed by atoms with Crippen LogP contribution in [0.3, 0.4) is 0 Å². The van der Waals surface area contributed by atoms with Crippen LogP contribution in [-0.2, 0) is 14.3 Å². The van der Waals surface area contributed by atoms with Crippen molar-refractivity contribution in [3.05, 3.63) is 0 Å². The van der Waals surface area contributed by atoms with Crippen LogP contribution in [-0.4, -0.2) is 30.2 Å². The molecule has 0 bridgehead atoms. The maximum atomic E-state index is 13.0. The number of hydrogen-bond acceptors (Lipinski definition) is 3. The molecule has 1 heterocycles. The van der Waals surface area contributed by atoms with Crippen molar-refractivity contribution >= 4 is 5.78 Å². The van der Waals surface area contributed by atoms with Gasteiger partial charge in [-0.2, -0.15) is 0 Å². The van der Waals surface area contributed by atoms with E-state index in [1.54, 1.807) is 0 Å². The van der Waals surface area contributed by atoms with E-state index in [2.05, 4.69) is 48.5 Å². The smallest absolute Gasteiger partial charge is 0.138 e. The van der Waals surface area contributed by atoms with E-state index in [0.29, 0.717) is 35.1 Å². The van der Waals surface area contributed by atoms with E-state index >= 15 is 0 Å². The Labute approximate surface area is 208 Å². The van der Waals surface area contributed by atoms with E-state index in [4.69, 9.17) is 9.47 Å². The summed E-state index contributed by atoms with van der Waals surface area (Å²) in [6.07, 6.45) is 13.4. The van der Waals surface area contributed by atoms with Crippen LogP contribution in [0, 0.1) is 44.8 Å². The molecule has 1 aliphatic heterocycles. The average molecular weight is 471 g/mol. The van der Waals surface area contributed by atoms with Gasteiger partial charge in [-0.1, -0.05) is 48.5 Å². The summed E-state index contributed by atoms with van der Waals surface area (Å²) in [5, 5.41) is 0. The quantitative estimate of drug-likeness (QED) is 0.376. The minimum Gasteiger partial charge on any atom is -0.381 e. The molecule has 6 rings (SSSR count). The van der Waals surface area contributed by atoms with E-state index < -0.39 is 0 Å². The number of methoxy groups -OCH3 is 1. The van der Waals surface area contributed by atoms with E-state index in [1.807, 2.05) is 7.11 Å². The van der Waals surface area contributed by atoms with Crippen molar-refractivity contribution < 1.29 is 14.3 Å². The molecule has 6 aliphatic rings. The van der Waals surface area contributed by atoms with Gasteiger partial charge < -0.3 is 9.47 Å². The molecular weight excluding hydrogens is 420 g/mol. The van der Waals surface area contributed by atoms with Gasteiger partial charge >= 0.3 is 0 Å². The zero-order valence-electron chi connectivity index (χ0n) is 23.3. The van der Waals surface area contributed by atoms with Crippen LogP contribution >= 0.6 is 0 Å². The summed E-state index contributed by atoms with van der Waals surface area (Å²) in [6.45, 7) is 17.3. The molecule has 0 N–H and O–H groups in total. The molecule has 5 aliphatic carbocycles. The lowest BCUT2D eigenvalue weighted by Gasteiger charge is -2.62. The Morgan fingerprint density at radius 3 is 2.18 bits per heavy atom. The molecule has 0 aromatic rings. The van der Waals surface area contributed by atoms with E-state index in [1.165, 1.54) is 51.4 Å². The summed E-state index contributed by atoms with van der Waals surface area (Å²) < 4.78 is 13.2. The van der Waals surface area contributed by atoms with Gasteiger partial charge in [-0.3, -0.25) is 4.79 Å². The third-order valence-electron chi connectivity index (χ3n) is 13.9. The first-order valence-electron chi connectivity index (χ1n) is 14.5. The van der Waals surface area contributed by atoms with Crippen LogP contribution in [0.5, 0.6) is 0 Å². The van der Waals surface area contributed by atoms with Crippen LogP contribution in [0.25, 0.3) is 0 Å². The molecule has 3 nitrogen and oxygen atoms in total. The van der Waals surface area contributed by atoms with Crippen molar-refractivity contribution in [3.8, 4) is 0 Å². The zero-order valence-corrected chi connectivity index (χ0v) is 23.3. The number of epoxide rings is 1. The van der Waals surface area contributed by atoms with Crippen molar-refractivity contribution in [2.45, 2.75) is 136 Å². The third kappa shape index (κ3) is 2.55. The first kappa shape index (κ1) is 24.0. The third-order valence-corrected chi connectivity index (χ3v) is 13.9. The molecule has 192 valence electrons. The molecule has 9 atom stereocenters. The maximum Gasteiger partial charge on any atom is 0.138 e. The number of Topliss-reactive ketones (excluding diaryl/α,β-unsaturated/α-hetero) is 1. The Balaban J connectivity index is 1.38. The SMILES string of the molecule is CO[C@H]1CC[C@@]2(C)[C@@H](CC[C@@]34C[C@]5(C)CCC6C(C)(C)C(=O)CC[C@]6(C)[C@H]5CC[C@]32O4)C1(C)C. The van der Waals surface area contributed by atoms with Crippen LogP contribution in [0.2, 0.25) is 0 Å². The number of hydrogen-bond donors (Lipinski definition) is 0. The second-order valence-corrected chi connectivity index (χ2v) is 15.7. The summed E-state index contributed by atoms with van der Waals surface area (Å²) in [6, 6.07) is 0. The molecule has 5 saturated carbocycles. The predicted molar refractivity (Wildman–Crippen MR) is 135 cm³/mol. The Bertz CT molecular complexity index is 906. The molecule has 6 fully saturated rings. The highest BCUT2D eigenvalue weighted by atomic mass is 16.6. The highest BCUT2D eigenvalue weighted by Gasteiger charge is 2.83. The van der Waals surface area contributed by atoms with Crippen molar-refractivity contribution in [2.24, 2.45) is 44.8 Å². The molecule has 0 amide bonds. The van der Waals surface area contributed by atoms with Crippen molar-refractivity contribution in [1.82, 2.24) is 0 Å². The number of rotatable bonds is 1. The van der Waals surface area contributed by atoms with Gasteiger partial charge in [0.15, 0.2) is 0 Å². The average Bonchev–Trinajstić information content (AvgIpc) is 3.41. The summed E-state index contributed by atoms with van der Waals surface area (Å²) in [5.41, 5.74) is 1.06. The fourth-order valence-electron chi connectivity index (χ4n) is 12.4. The molecule has 1 saturated heterocycles. The predicted octanol–water partition coefficient (Wildman–Crippen LogP) is 7.36. The molecule has 1 unspecified atom stereocenters. The van der Waals surface area contributed by atoms with Gasteiger partial charge in [0.25, 0.3) is 0 Å². The monoisotopic (exact) mass is 470 g/mol. The van der Waals surface area contributed by atoms with E-state index in [9.17, 15) is 4.79 Å². The second kappa shape index (κ2) is 6.72. The summed E-state index contributed by atoms with van der Waals surface area (Å²) in [5.74, 6) is 2.42. The molecule has 0 spiro atoms. The van der Waals surface area contributed by atoms with Crippen molar-refractivity contribution in [3.63, 3.8) is 0 Å². The second-order valence-electron chi connectivity index (χ2n) is 15.7. The lowest BCUT2D eigenvalue weighted by Crippen LogP contribution is -2.60. The molecule has 34 heavy (non-hydrogen) atoms. The van der Waals surface area contributed by atoms with Crippen molar-refractivity contribution in [1.29, 1.82) is 0 Å². The Morgan fingerprint density at radius 2 is 1.47 bits per heavy atom. The zero-order chi connectivity index (χ0) is 24.6. The standard InChI is InChI=1S/C31H50O3/c1-25(2)20-9-14-27(5)19-30-17-10-21-26(3,4)24(33-8)13-16-29(21,7)31(30,34-30)18-11-22(27)28(20,6)15-12-23(25)32/h20-22,24H,9-19H2,1-8H3/t20?,21-,22-,24-,27-,28-,29-,30+,31+/m0/s1. The largest absolute Gasteiger partial charge is 0.381 e. The van der Waals surface area contributed by atoms with Crippen LogP contribution in [0.15, 0.2) is 0 Å². The molecule has 0 aromatic heterocycles. The fraction of sp³-hybridized carbons (Fsp3) is 0.968. The van der Waals surface area contributed by atoms with Crippen molar-refractivity contribution in [2.75, 3.05) is 7.11 Å².